The molecule has 1 aliphatic carbocycles. The highest BCUT2D eigenvalue weighted by Gasteiger charge is 2.16. The van der Waals surface area contributed by atoms with Crippen molar-refractivity contribution >= 4 is 22.9 Å². The maximum absolute atomic E-state index is 12.3. The number of carbonyl (C=O) groups is 1. The van der Waals surface area contributed by atoms with E-state index in [0.29, 0.717) is 6.10 Å². The van der Waals surface area contributed by atoms with Crippen molar-refractivity contribution in [3.8, 4) is 16.3 Å². The SMILES string of the molecule is O=C(Cc1csc(-c2cccnc2)n1)Nc1ccc(OC2CCCC2)cc1. The van der Waals surface area contributed by atoms with E-state index in [1.165, 1.54) is 24.2 Å². The van der Waals surface area contributed by atoms with Crippen molar-refractivity contribution in [3.05, 3.63) is 59.9 Å². The third kappa shape index (κ3) is 4.71. The fourth-order valence-corrected chi connectivity index (χ4v) is 4.01. The molecule has 2 aromatic heterocycles. The second-order valence-electron chi connectivity index (χ2n) is 6.66. The molecule has 0 saturated heterocycles. The van der Waals surface area contributed by atoms with Gasteiger partial charge in [0.05, 0.1) is 18.2 Å². The van der Waals surface area contributed by atoms with Crippen LogP contribution < -0.4 is 10.1 Å². The number of carbonyl (C=O) groups excluding carboxylic acids is 1. The molecule has 138 valence electrons. The second kappa shape index (κ2) is 8.31. The van der Waals surface area contributed by atoms with E-state index >= 15 is 0 Å². The third-order valence-electron chi connectivity index (χ3n) is 4.54. The van der Waals surface area contributed by atoms with E-state index in [1.807, 2.05) is 41.8 Å². The number of hydrogen-bond acceptors (Lipinski definition) is 5. The van der Waals surface area contributed by atoms with Gasteiger partial charge in [0.15, 0.2) is 0 Å². The Balaban J connectivity index is 1.32. The van der Waals surface area contributed by atoms with Crippen LogP contribution in [0.3, 0.4) is 0 Å². The molecule has 1 amide bonds. The molecule has 0 atom stereocenters. The number of aromatic nitrogens is 2. The lowest BCUT2D eigenvalue weighted by molar-refractivity contribution is -0.115. The number of nitrogens with one attached hydrogen (secondary N) is 1. The van der Waals surface area contributed by atoms with Crippen molar-refractivity contribution in [1.29, 1.82) is 0 Å². The molecule has 27 heavy (non-hydrogen) atoms. The first-order valence-corrected chi connectivity index (χ1v) is 10.1. The summed E-state index contributed by atoms with van der Waals surface area (Å²) in [6, 6.07) is 11.4. The van der Waals surface area contributed by atoms with E-state index in [2.05, 4.69) is 15.3 Å². The molecule has 0 radical (unpaired) electrons. The summed E-state index contributed by atoms with van der Waals surface area (Å²) in [5.41, 5.74) is 2.49. The Morgan fingerprint density at radius 1 is 1.19 bits per heavy atom. The van der Waals surface area contributed by atoms with Crippen LogP contribution in [0.2, 0.25) is 0 Å². The van der Waals surface area contributed by atoms with Crippen molar-refractivity contribution in [2.45, 2.75) is 38.2 Å². The van der Waals surface area contributed by atoms with E-state index in [9.17, 15) is 4.79 Å². The Morgan fingerprint density at radius 2 is 2.00 bits per heavy atom. The number of rotatable bonds is 6. The van der Waals surface area contributed by atoms with Crippen LogP contribution in [0.15, 0.2) is 54.2 Å². The summed E-state index contributed by atoms with van der Waals surface area (Å²) < 4.78 is 5.95. The number of ether oxygens (including phenoxy) is 1. The molecule has 0 aliphatic heterocycles. The van der Waals surface area contributed by atoms with Crippen LogP contribution in [-0.2, 0) is 11.2 Å². The number of amides is 1. The van der Waals surface area contributed by atoms with Gasteiger partial charge in [0, 0.05) is 29.0 Å². The van der Waals surface area contributed by atoms with Gasteiger partial charge < -0.3 is 10.1 Å². The van der Waals surface area contributed by atoms with E-state index in [0.717, 1.165) is 40.5 Å². The average molecular weight is 379 g/mol. The summed E-state index contributed by atoms with van der Waals surface area (Å²) in [6.45, 7) is 0. The Hall–Kier alpha value is -2.73. The van der Waals surface area contributed by atoms with Gasteiger partial charge in [0.25, 0.3) is 0 Å². The lowest BCUT2D eigenvalue weighted by Gasteiger charge is -2.13. The molecule has 0 unspecified atom stereocenters. The van der Waals surface area contributed by atoms with Crippen LogP contribution in [0, 0.1) is 0 Å². The zero-order valence-corrected chi connectivity index (χ0v) is 15.7. The standard InChI is InChI=1S/C21H21N3O2S/c25-20(12-17-14-27-21(24-17)15-4-3-11-22-13-15)23-16-7-9-19(10-8-16)26-18-5-1-2-6-18/h3-4,7-11,13-14,18H,1-2,5-6,12H2,(H,23,25). The number of thiazole rings is 1. The van der Waals surface area contributed by atoms with Gasteiger partial charge in [-0.25, -0.2) is 4.98 Å². The Bertz CT molecular complexity index is 887. The molecule has 1 N–H and O–H groups in total. The third-order valence-corrected chi connectivity index (χ3v) is 5.49. The van der Waals surface area contributed by atoms with Crippen molar-refractivity contribution < 1.29 is 9.53 Å². The molecule has 1 aliphatic rings. The molecular formula is C21H21N3O2S. The highest BCUT2D eigenvalue weighted by Crippen LogP contribution is 2.25. The fourth-order valence-electron chi connectivity index (χ4n) is 3.20. The zero-order chi connectivity index (χ0) is 18.5. The molecule has 0 bridgehead atoms. The number of pyridine rings is 1. The van der Waals surface area contributed by atoms with E-state index in [4.69, 9.17) is 4.74 Å². The molecule has 2 heterocycles. The Labute approximate surface area is 162 Å². The molecule has 3 aromatic rings. The van der Waals surface area contributed by atoms with Crippen LogP contribution in [0.5, 0.6) is 5.75 Å². The summed E-state index contributed by atoms with van der Waals surface area (Å²) in [6.07, 6.45) is 8.85. The predicted octanol–water partition coefficient (Wildman–Crippen LogP) is 4.71. The minimum atomic E-state index is -0.0810. The highest BCUT2D eigenvalue weighted by molar-refractivity contribution is 7.13. The van der Waals surface area contributed by atoms with Gasteiger partial charge in [-0.1, -0.05) is 0 Å². The van der Waals surface area contributed by atoms with E-state index in [1.54, 1.807) is 12.4 Å². The summed E-state index contributed by atoms with van der Waals surface area (Å²) in [5.74, 6) is 0.781. The number of nitrogens with zero attached hydrogens (tertiary/aromatic N) is 2. The van der Waals surface area contributed by atoms with E-state index in [-0.39, 0.29) is 12.3 Å². The minimum Gasteiger partial charge on any atom is -0.490 e. The quantitative estimate of drug-likeness (QED) is 0.674. The van der Waals surface area contributed by atoms with Gasteiger partial charge in [0.1, 0.15) is 10.8 Å². The average Bonchev–Trinajstić information content (AvgIpc) is 3.36. The fraction of sp³-hybridized carbons (Fsp3) is 0.286. The first-order chi connectivity index (χ1) is 13.3. The predicted molar refractivity (Wildman–Crippen MR) is 107 cm³/mol. The molecule has 1 fully saturated rings. The molecule has 4 rings (SSSR count). The van der Waals surface area contributed by atoms with Crippen LogP contribution in [0.4, 0.5) is 5.69 Å². The Morgan fingerprint density at radius 3 is 2.74 bits per heavy atom. The van der Waals surface area contributed by atoms with Gasteiger partial charge >= 0.3 is 0 Å². The van der Waals surface area contributed by atoms with Crippen LogP contribution >= 0.6 is 11.3 Å². The largest absolute Gasteiger partial charge is 0.490 e. The van der Waals surface area contributed by atoms with Gasteiger partial charge in [-0.15, -0.1) is 11.3 Å². The molecule has 1 aromatic carbocycles. The molecule has 6 heteroatoms. The normalized spacial score (nSPS) is 14.2. The van der Waals surface area contributed by atoms with Gasteiger partial charge in [-0.05, 0) is 62.1 Å². The maximum Gasteiger partial charge on any atom is 0.230 e. The zero-order valence-electron chi connectivity index (χ0n) is 14.9. The second-order valence-corrected chi connectivity index (χ2v) is 7.52. The summed E-state index contributed by atoms with van der Waals surface area (Å²) in [5, 5.41) is 5.71. The summed E-state index contributed by atoms with van der Waals surface area (Å²) in [4.78, 5) is 20.9. The van der Waals surface area contributed by atoms with Crippen LogP contribution in [0.1, 0.15) is 31.4 Å². The highest BCUT2D eigenvalue weighted by atomic mass is 32.1. The van der Waals surface area contributed by atoms with Gasteiger partial charge in [-0.2, -0.15) is 0 Å². The van der Waals surface area contributed by atoms with Crippen LogP contribution in [-0.4, -0.2) is 22.0 Å². The minimum absolute atomic E-state index is 0.0810. The van der Waals surface area contributed by atoms with Gasteiger partial charge in [0.2, 0.25) is 5.91 Å². The first-order valence-electron chi connectivity index (χ1n) is 9.18. The molecule has 0 spiro atoms. The summed E-state index contributed by atoms with van der Waals surface area (Å²) >= 11 is 1.52. The number of hydrogen-bond donors (Lipinski definition) is 1. The monoisotopic (exact) mass is 379 g/mol. The van der Waals surface area contributed by atoms with Crippen molar-refractivity contribution in [2.75, 3.05) is 5.32 Å². The van der Waals surface area contributed by atoms with Crippen LogP contribution in [0.25, 0.3) is 10.6 Å². The first kappa shape index (κ1) is 17.7. The van der Waals surface area contributed by atoms with Gasteiger partial charge in [-0.3, -0.25) is 9.78 Å². The maximum atomic E-state index is 12.3. The van der Waals surface area contributed by atoms with Crippen molar-refractivity contribution in [1.82, 2.24) is 9.97 Å². The van der Waals surface area contributed by atoms with E-state index < -0.39 is 0 Å². The number of benzene rings is 1. The lowest BCUT2D eigenvalue weighted by Crippen LogP contribution is -2.14. The lowest BCUT2D eigenvalue weighted by atomic mass is 10.2. The topological polar surface area (TPSA) is 64.1 Å². The Kier molecular flexibility index (Phi) is 5.44. The number of anilines is 1. The molecule has 5 nitrogen and oxygen atoms in total. The molecular weight excluding hydrogens is 358 g/mol. The summed E-state index contributed by atoms with van der Waals surface area (Å²) in [7, 11) is 0. The smallest absolute Gasteiger partial charge is 0.230 e. The molecule has 1 saturated carbocycles. The van der Waals surface area contributed by atoms with Crippen molar-refractivity contribution in [2.24, 2.45) is 0 Å². The van der Waals surface area contributed by atoms with Crippen molar-refractivity contribution in [3.63, 3.8) is 0 Å².